The van der Waals surface area contributed by atoms with E-state index in [9.17, 15) is 4.79 Å². The molecule has 4 fully saturated rings. The summed E-state index contributed by atoms with van der Waals surface area (Å²) in [5, 5.41) is 0. The number of epoxide rings is 4. The summed E-state index contributed by atoms with van der Waals surface area (Å²) in [5.74, 6) is 0.0354. The van der Waals surface area contributed by atoms with Crippen LogP contribution < -0.4 is 9.80 Å². The summed E-state index contributed by atoms with van der Waals surface area (Å²) < 4.78 is 22.1. The van der Waals surface area contributed by atoms with E-state index in [0.717, 1.165) is 64.0 Å². The largest absolute Gasteiger partial charge is 0.371 e. The maximum Gasteiger partial charge on any atom is 0.195 e. The number of hydrogen-bond acceptors (Lipinski definition) is 7. The van der Waals surface area contributed by atoms with Crippen LogP contribution in [0.5, 0.6) is 0 Å². The summed E-state index contributed by atoms with van der Waals surface area (Å²) in [5.41, 5.74) is 3.45. The number of ether oxygens (including phenoxy) is 4. The summed E-state index contributed by atoms with van der Waals surface area (Å²) in [6.07, 6.45) is 0.984. The number of benzene rings is 2. The zero-order chi connectivity index (χ0) is 21.5. The van der Waals surface area contributed by atoms with Crippen molar-refractivity contribution in [3.05, 3.63) is 59.7 Å². The van der Waals surface area contributed by atoms with E-state index < -0.39 is 0 Å². The van der Waals surface area contributed by atoms with Crippen LogP contribution >= 0.6 is 0 Å². The standard InChI is InChI=1S/C25H28N2O5/c28-25(17-4-2-1-3-5-17)23-7-6-18(26(9-19-13-29-19)10-20-14-30-20)8-24(23)27(11-21-15-31-21)12-22-16-32-22/h1-8,19-22H,9-16H2. The van der Waals surface area contributed by atoms with E-state index >= 15 is 0 Å². The lowest BCUT2D eigenvalue weighted by Crippen LogP contribution is -2.34. The van der Waals surface area contributed by atoms with Gasteiger partial charge in [0.05, 0.1) is 56.5 Å². The molecule has 4 heterocycles. The second-order valence-corrected chi connectivity index (χ2v) is 9.03. The van der Waals surface area contributed by atoms with E-state index in [2.05, 4.69) is 21.9 Å². The fourth-order valence-electron chi connectivity index (χ4n) is 4.15. The Balaban J connectivity index is 1.36. The highest BCUT2D eigenvalue weighted by Crippen LogP contribution is 2.33. The molecule has 0 aliphatic carbocycles. The van der Waals surface area contributed by atoms with E-state index in [0.29, 0.717) is 11.1 Å². The van der Waals surface area contributed by atoms with Gasteiger partial charge in [0, 0.05) is 43.0 Å². The number of carbonyl (C=O) groups is 1. The van der Waals surface area contributed by atoms with Crippen LogP contribution in [-0.2, 0) is 18.9 Å². The van der Waals surface area contributed by atoms with Gasteiger partial charge in [0.1, 0.15) is 0 Å². The number of carbonyl (C=O) groups excluding carboxylic acids is 1. The average Bonchev–Trinajstić information content (AvgIpc) is 3.63. The predicted octanol–water partition coefficient (Wildman–Crippen LogP) is 2.13. The molecule has 4 atom stereocenters. The molecule has 0 saturated carbocycles. The summed E-state index contributed by atoms with van der Waals surface area (Å²) in [6.45, 7) is 6.35. The lowest BCUT2D eigenvalue weighted by molar-refractivity contribution is 0.103. The van der Waals surface area contributed by atoms with Crippen molar-refractivity contribution in [3.8, 4) is 0 Å². The Morgan fingerprint density at radius 2 is 1.22 bits per heavy atom. The highest BCUT2D eigenvalue weighted by atomic mass is 16.6. The van der Waals surface area contributed by atoms with E-state index in [1.165, 1.54) is 0 Å². The van der Waals surface area contributed by atoms with Crippen LogP contribution in [0.15, 0.2) is 48.5 Å². The highest BCUT2D eigenvalue weighted by molar-refractivity contribution is 6.12. The number of hydrogen-bond donors (Lipinski definition) is 0. The fraction of sp³-hybridized carbons (Fsp3) is 0.480. The van der Waals surface area contributed by atoms with Gasteiger partial charge in [-0.25, -0.2) is 0 Å². The summed E-state index contributed by atoms with van der Waals surface area (Å²) in [4.78, 5) is 18.1. The van der Waals surface area contributed by atoms with Crippen LogP contribution in [0.25, 0.3) is 0 Å². The van der Waals surface area contributed by atoms with Gasteiger partial charge in [-0.2, -0.15) is 0 Å². The van der Waals surface area contributed by atoms with Crippen LogP contribution in [0, 0.1) is 0 Å². The third-order valence-corrected chi connectivity index (χ3v) is 6.27. The molecule has 0 radical (unpaired) electrons. The van der Waals surface area contributed by atoms with Gasteiger partial charge in [-0.15, -0.1) is 0 Å². The molecule has 7 heteroatoms. The molecule has 0 bridgehead atoms. The Hall–Kier alpha value is -2.45. The van der Waals surface area contributed by atoms with Gasteiger partial charge in [0.25, 0.3) is 0 Å². The third kappa shape index (κ3) is 4.96. The molecule has 2 aromatic rings. The maximum absolute atomic E-state index is 13.5. The molecule has 7 nitrogen and oxygen atoms in total. The van der Waals surface area contributed by atoms with Crippen LogP contribution in [0.1, 0.15) is 15.9 Å². The Morgan fingerprint density at radius 1 is 0.719 bits per heavy atom. The Morgan fingerprint density at radius 3 is 1.72 bits per heavy atom. The molecular weight excluding hydrogens is 408 g/mol. The molecule has 0 amide bonds. The lowest BCUT2D eigenvalue weighted by atomic mass is 9.99. The van der Waals surface area contributed by atoms with Crippen molar-refractivity contribution in [2.75, 3.05) is 62.4 Å². The molecule has 0 spiro atoms. The second-order valence-electron chi connectivity index (χ2n) is 9.03. The number of anilines is 2. The minimum absolute atomic E-state index is 0.0354. The quantitative estimate of drug-likeness (QED) is 0.373. The van der Waals surface area contributed by atoms with Gasteiger partial charge < -0.3 is 28.7 Å². The second kappa shape index (κ2) is 8.48. The number of rotatable bonds is 12. The van der Waals surface area contributed by atoms with Crippen molar-refractivity contribution in [2.45, 2.75) is 24.4 Å². The van der Waals surface area contributed by atoms with Crippen LogP contribution in [0.3, 0.4) is 0 Å². The van der Waals surface area contributed by atoms with Gasteiger partial charge in [0.2, 0.25) is 0 Å². The third-order valence-electron chi connectivity index (χ3n) is 6.27. The van der Waals surface area contributed by atoms with E-state index in [1.807, 2.05) is 36.4 Å². The fourth-order valence-corrected chi connectivity index (χ4v) is 4.15. The zero-order valence-electron chi connectivity index (χ0n) is 18.0. The molecule has 4 aliphatic heterocycles. The molecule has 168 valence electrons. The molecule has 32 heavy (non-hydrogen) atoms. The normalized spacial score (nSPS) is 27.0. The minimum Gasteiger partial charge on any atom is -0.371 e. The highest BCUT2D eigenvalue weighted by Gasteiger charge is 2.34. The molecule has 2 aromatic carbocycles. The first-order chi connectivity index (χ1) is 15.7. The summed E-state index contributed by atoms with van der Waals surface area (Å²) >= 11 is 0. The first-order valence-corrected chi connectivity index (χ1v) is 11.4. The van der Waals surface area contributed by atoms with Gasteiger partial charge >= 0.3 is 0 Å². The Labute approximate surface area is 187 Å². The van der Waals surface area contributed by atoms with Crippen LogP contribution in [0.2, 0.25) is 0 Å². The SMILES string of the molecule is O=C(c1ccccc1)c1ccc(N(CC2CO2)CC2CO2)cc1N(CC1CO1)CC1CO1. The maximum atomic E-state index is 13.5. The zero-order valence-corrected chi connectivity index (χ0v) is 18.0. The molecule has 0 aromatic heterocycles. The first-order valence-electron chi connectivity index (χ1n) is 11.4. The molecule has 6 rings (SSSR count). The molecule has 4 saturated heterocycles. The van der Waals surface area contributed by atoms with Crippen molar-refractivity contribution < 1.29 is 23.7 Å². The van der Waals surface area contributed by atoms with Crippen LogP contribution in [0.4, 0.5) is 11.4 Å². The molecular formula is C25H28N2O5. The topological polar surface area (TPSA) is 73.7 Å². The lowest BCUT2D eigenvalue weighted by Gasteiger charge is -2.29. The summed E-state index contributed by atoms with van der Waals surface area (Å²) in [7, 11) is 0. The molecule has 4 aliphatic rings. The van der Waals surface area contributed by atoms with Crippen molar-refractivity contribution in [1.82, 2.24) is 0 Å². The molecule has 4 unspecified atom stereocenters. The first kappa shape index (κ1) is 20.2. The monoisotopic (exact) mass is 436 g/mol. The van der Waals surface area contributed by atoms with Gasteiger partial charge in [-0.3, -0.25) is 4.79 Å². The van der Waals surface area contributed by atoms with Crippen molar-refractivity contribution in [1.29, 1.82) is 0 Å². The smallest absolute Gasteiger partial charge is 0.195 e. The van der Waals surface area contributed by atoms with Crippen LogP contribution in [-0.4, -0.2) is 82.8 Å². The Bertz CT molecular complexity index is 940. The van der Waals surface area contributed by atoms with Gasteiger partial charge in [0.15, 0.2) is 5.78 Å². The van der Waals surface area contributed by atoms with Crippen molar-refractivity contribution in [2.24, 2.45) is 0 Å². The van der Waals surface area contributed by atoms with Gasteiger partial charge in [-0.1, -0.05) is 30.3 Å². The number of ketones is 1. The van der Waals surface area contributed by atoms with E-state index in [-0.39, 0.29) is 30.2 Å². The van der Waals surface area contributed by atoms with Crippen molar-refractivity contribution in [3.63, 3.8) is 0 Å². The minimum atomic E-state index is 0.0354. The summed E-state index contributed by atoms with van der Waals surface area (Å²) in [6, 6.07) is 15.7. The van der Waals surface area contributed by atoms with Gasteiger partial charge in [-0.05, 0) is 18.2 Å². The average molecular weight is 437 g/mol. The Kier molecular flexibility index (Phi) is 5.35. The van der Waals surface area contributed by atoms with E-state index in [1.54, 1.807) is 0 Å². The predicted molar refractivity (Wildman–Crippen MR) is 120 cm³/mol. The van der Waals surface area contributed by atoms with E-state index in [4.69, 9.17) is 18.9 Å². The van der Waals surface area contributed by atoms with Crippen molar-refractivity contribution >= 4 is 17.2 Å². The number of nitrogens with zero attached hydrogens (tertiary/aromatic N) is 2. The molecule has 0 N–H and O–H groups in total.